The van der Waals surface area contributed by atoms with Gasteiger partial charge in [0.15, 0.2) is 0 Å². The van der Waals surface area contributed by atoms with Crippen LogP contribution in [0.15, 0.2) is 20.9 Å². The zero-order valence-corrected chi connectivity index (χ0v) is 4.84. The van der Waals surface area contributed by atoms with E-state index in [1.807, 2.05) is 0 Å². The minimum atomic E-state index is -0.306. The van der Waals surface area contributed by atoms with E-state index in [0.717, 1.165) is 0 Å². The molecule has 1 aliphatic heterocycles. The molecule has 0 aromatic heterocycles. The second kappa shape index (κ2) is 1.54. The molecule has 0 saturated carbocycles. The number of carbonyl (C=O) groups excluding carboxylic acids is 1. The van der Waals surface area contributed by atoms with Crippen LogP contribution >= 0.6 is 15.9 Å². The number of amides is 1. The van der Waals surface area contributed by atoms with Crippen molar-refractivity contribution in [3.05, 3.63) is 10.7 Å². The summed E-state index contributed by atoms with van der Waals surface area (Å²) in [6.07, 6.45) is 1.36. The molecule has 1 rings (SSSR count). The van der Waals surface area contributed by atoms with Gasteiger partial charge in [0, 0.05) is 0 Å². The smallest absolute Gasteiger partial charge is 0.264 e. The van der Waals surface area contributed by atoms with Crippen molar-refractivity contribution in [2.45, 2.75) is 0 Å². The summed E-state index contributed by atoms with van der Waals surface area (Å²) in [4.78, 5) is 10.2. The highest BCUT2D eigenvalue weighted by Gasteiger charge is 2.07. The quantitative estimate of drug-likeness (QED) is 0.526. The van der Waals surface area contributed by atoms with E-state index in [1.54, 1.807) is 0 Å². The lowest BCUT2D eigenvalue weighted by atomic mass is 10.6. The van der Waals surface area contributed by atoms with Gasteiger partial charge in [0.1, 0.15) is 4.48 Å². The first-order valence-electron chi connectivity index (χ1n) is 1.61. The second-order valence-electron chi connectivity index (χ2n) is 0.998. The van der Waals surface area contributed by atoms with Crippen molar-refractivity contribution in [1.82, 2.24) is 0 Å². The van der Waals surface area contributed by atoms with E-state index in [0.29, 0.717) is 4.48 Å². The van der Waals surface area contributed by atoms with Gasteiger partial charge in [0.25, 0.3) is 0 Å². The summed E-state index contributed by atoms with van der Waals surface area (Å²) in [5, 5.41) is 6.48. The average Bonchev–Trinajstić information content (AvgIpc) is 1.91. The molecule has 3 nitrogen and oxygen atoms in total. The second-order valence-corrected chi connectivity index (χ2v) is 1.85. The number of hydrogen-bond acceptors (Lipinski definition) is 2. The van der Waals surface area contributed by atoms with Crippen LogP contribution in [0.4, 0.5) is 0 Å². The number of hydrogen-bond donors (Lipinski definition) is 0. The van der Waals surface area contributed by atoms with Gasteiger partial charge < -0.3 is 0 Å². The maximum atomic E-state index is 10.2. The van der Waals surface area contributed by atoms with Crippen LogP contribution in [0.25, 0.3) is 0 Å². The zero-order valence-electron chi connectivity index (χ0n) is 3.26. The molecular formula is C3HBrN2O. The molecule has 0 aromatic carbocycles. The molecular weight excluding hydrogens is 160 g/mol. The summed E-state index contributed by atoms with van der Waals surface area (Å²) in [5.41, 5.74) is 0. The molecule has 0 spiro atoms. The van der Waals surface area contributed by atoms with Crippen molar-refractivity contribution in [2.24, 2.45) is 10.2 Å². The fraction of sp³-hybridized carbons (Fsp3) is 0. The Hall–Kier alpha value is -0.510. The molecule has 0 unspecified atom stereocenters. The van der Waals surface area contributed by atoms with Crippen LogP contribution in [0.3, 0.4) is 0 Å². The van der Waals surface area contributed by atoms with Gasteiger partial charge in [-0.25, -0.2) is 0 Å². The summed E-state index contributed by atoms with van der Waals surface area (Å²) >= 11 is 2.93. The first kappa shape index (κ1) is 4.64. The Labute approximate surface area is 48.2 Å². The summed E-state index contributed by atoms with van der Waals surface area (Å²) in [6.45, 7) is 0. The van der Waals surface area contributed by atoms with Gasteiger partial charge in [-0.15, -0.1) is 5.11 Å². The summed E-state index contributed by atoms with van der Waals surface area (Å²) < 4.78 is 0.424. The molecule has 0 bridgehead atoms. The van der Waals surface area contributed by atoms with Crippen LogP contribution in [0, 0.1) is 0 Å². The van der Waals surface area contributed by atoms with Crippen LogP contribution in [-0.2, 0) is 4.79 Å². The van der Waals surface area contributed by atoms with E-state index in [-0.39, 0.29) is 5.91 Å². The third kappa shape index (κ3) is 0.742. The van der Waals surface area contributed by atoms with Gasteiger partial charge in [0.2, 0.25) is 0 Å². The Morgan fingerprint density at radius 2 is 2.43 bits per heavy atom. The van der Waals surface area contributed by atoms with Crippen LogP contribution in [0.1, 0.15) is 0 Å². The van der Waals surface area contributed by atoms with Crippen LogP contribution < -0.4 is 0 Å². The molecule has 0 N–H and O–H groups in total. The van der Waals surface area contributed by atoms with Gasteiger partial charge in [-0.3, -0.25) is 4.79 Å². The monoisotopic (exact) mass is 160 g/mol. The standard InChI is InChI=1S/C3HBrN2O/c4-2-1-5-6-3(2)7/h1H. The Kier molecular flexibility index (Phi) is 1.02. The Morgan fingerprint density at radius 1 is 1.71 bits per heavy atom. The van der Waals surface area contributed by atoms with Crippen molar-refractivity contribution in [1.29, 1.82) is 0 Å². The molecule has 7 heavy (non-hydrogen) atoms. The van der Waals surface area contributed by atoms with E-state index < -0.39 is 0 Å². The van der Waals surface area contributed by atoms with Gasteiger partial charge in [-0.1, -0.05) is 0 Å². The maximum Gasteiger partial charge on any atom is 0.304 e. The van der Waals surface area contributed by atoms with Crippen molar-refractivity contribution < 1.29 is 4.79 Å². The number of halogens is 1. The summed E-state index contributed by atoms with van der Waals surface area (Å²) in [5.74, 6) is -0.306. The molecule has 1 heterocycles. The minimum absolute atomic E-state index is 0.306. The fourth-order valence-corrected chi connectivity index (χ4v) is 0.406. The third-order valence-corrected chi connectivity index (χ3v) is 1.07. The van der Waals surface area contributed by atoms with E-state index in [4.69, 9.17) is 0 Å². The van der Waals surface area contributed by atoms with E-state index in [2.05, 4.69) is 26.2 Å². The number of carbonyl (C=O) groups is 1. The molecule has 4 heteroatoms. The van der Waals surface area contributed by atoms with Gasteiger partial charge >= 0.3 is 5.91 Å². The first-order valence-corrected chi connectivity index (χ1v) is 2.41. The van der Waals surface area contributed by atoms with Crippen LogP contribution in [0.2, 0.25) is 0 Å². The van der Waals surface area contributed by atoms with Gasteiger partial charge in [-0.2, -0.15) is 5.11 Å². The third-order valence-electron chi connectivity index (χ3n) is 0.524. The highest BCUT2D eigenvalue weighted by molar-refractivity contribution is 9.12. The van der Waals surface area contributed by atoms with Crippen LogP contribution in [-0.4, -0.2) is 5.91 Å². The van der Waals surface area contributed by atoms with Crippen LogP contribution in [0.5, 0.6) is 0 Å². The van der Waals surface area contributed by atoms with Crippen molar-refractivity contribution in [3.63, 3.8) is 0 Å². The predicted molar refractivity (Wildman–Crippen MR) is 26.9 cm³/mol. The molecule has 0 aliphatic carbocycles. The largest absolute Gasteiger partial charge is 0.304 e. The SMILES string of the molecule is O=C1N=NC=C1Br. The Morgan fingerprint density at radius 3 is 2.57 bits per heavy atom. The first-order chi connectivity index (χ1) is 3.30. The molecule has 0 atom stereocenters. The fourth-order valence-electron chi connectivity index (χ4n) is 0.235. The maximum absolute atomic E-state index is 10.2. The highest BCUT2D eigenvalue weighted by atomic mass is 79.9. The lowest BCUT2D eigenvalue weighted by Crippen LogP contribution is -1.82. The molecule has 0 saturated heterocycles. The van der Waals surface area contributed by atoms with Gasteiger partial charge in [-0.05, 0) is 15.9 Å². The summed E-state index contributed by atoms with van der Waals surface area (Å²) in [6, 6.07) is 0. The van der Waals surface area contributed by atoms with E-state index >= 15 is 0 Å². The lowest BCUT2D eigenvalue weighted by molar-refractivity contribution is -0.113. The molecule has 0 fully saturated rings. The van der Waals surface area contributed by atoms with E-state index in [9.17, 15) is 4.79 Å². The average molecular weight is 161 g/mol. The van der Waals surface area contributed by atoms with E-state index in [1.165, 1.54) is 6.20 Å². The number of azo groups is 1. The molecule has 0 aromatic rings. The zero-order chi connectivity index (χ0) is 5.28. The van der Waals surface area contributed by atoms with Gasteiger partial charge in [0.05, 0.1) is 6.20 Å². The highest BCUT2D eigenvalue weighted by Crippen LogP contribution is 2.12. The molecule has 0 radical (unpaired) electrons. The van der Waals surface area contributed by atoms with Crippen molar-refractivity contribution in [2.75, 3.05) is 0 Å². The number of nitrogens with zero attached hydrogens (tertiary/aromatic N) is 2. The normalized spacial score (nSPS) is 17.9. The Balaban J connectivity index is 2.89. The van der Waals surface area contributed by atoms with Crippen molar-refractivity contribution >= 4 is 21.8 Å². The lowest BCUT2D eigenvalue weighted by Gasteiger charge is -1.72. The minimum Gasteiger partial charge on any atom is -0.264 e. The molecule has 1 amide bonds. The Bertz CT molecular complexity index is 160. The van der Waals surface area contributed by atoms with Crippen molar-refractivity contribution in [3.8, 4) is 0 Å². The predicted octanol–water partition coefficient (Wildman–Crippen LogP) is 1.22. The molecule has 1 aliphatic rings. The summed E-state index contributed by atoms with van der Waals surface area (Å²) in [7, 11) is 0. The number of rotatable bonds is 0. The topological polar surface area (TPSA) is 41.8 Å². The molecule has 36 valence electrons.